The summed E-state index contributed by atoms with van der Waals surface area (Å²) in [4.78, 5) is 28.0. The molecule has 1 aliphatic rings. The third kappa shape index (κ3) is 10.2. The minimum Gasteiger partial charge on any atom is -0.748 e. The van der Waals surface area contributed by atoms with Crippen molar-refractivity contribution in [2.45, 2.75) is 32.7 Å². The van der Waals surface area contributed by atoms with E-state index in [-0.39, 0.29) is 37.7 Å². The van der Waals surface area contributed by atoms with Gasteiger partial charge < -0.3 is 29.2 Å². The molecule has 4 aromatic carbocycles. The van der Waals surface area contributed by atoms with E-state index in [1.807, 2.05) is 19.1 Å². The van der Waals surface area contributed by atoms with Crippen molar-refractivity contribution < 1.29 is 49.3 Å². The summed E-state index contributed by atoms with van der Waals surface area (Å²) < 4.78 is 81.2. The second kappa shape index (κ2) is 16.7. The van der Waals surface area contributed by atoms with Crippen molar-refractivity contribution in [3.63, 3.8) is 0 Å². The van der Waals surface area contributed by atoms with E-state index in [4.69, 9.17) is 9.15 Å². The molecule has 0 saturated heterocycles. The fourth-order valence-corrected chi connectivity index (χ4v) is 6.95. The zero-order valence-corrected chi connectivity index (χ0v) is 31.3. The van der Waals surface area contributed by atoms with Crippen LogP contribution in [0.3, 0.4) is 0 Å². The molecule has 286 valence electrons. The van der Waals surface area contributed by atoms with Crippen LogP contribution in [0.25, 0.3) is 17.2 Å². The number of allylic oxidation sites excluding steroid dienone is 2. The monoisotopic (exact) mass is 786 g/mol. The number of carbonyl (C=O) groups excluding carboxylic acids is 2. The lowest BCUT2D eigenvalue weighted by Gasteiger charge is -2.19. The molecule has 2 amide bonds. The largest absolute Gasteiger partial charge is 0.748 e. The number of carbonyl (C=O) groups is 2. The molecule has 5 aromatic rings. The highest BCUT2D eigenvalue weighted by Gasteiger charge is 2.29. The lowest BCUT2D eigenvalue weighted by molar-refractivity contribution is -0.677. The minimum atomic E-state index is -4.50. The van der Waals surface area contributed by atoms with E-state index in [0.29, 0.717) is 68.8 Å². The first-order chi connectivity index (χ1) is 26.3. The van der Waals surface area contributed by atoms with Crippen molar-refractivity contribution in [2.75, 3.05) is 33.6 Å². The highest BCUT2D eigenvalue weighted by molar-refractivity contribution is 7.85. The molecule has 0 radical (unpaired) electrons. The molecular formula is C39H38N4O10S2. The lowest BCUT2D eigenvalue weighted by Crippen LogP contribution is -2.36. The summed E-state index contributed by atoms with van der Waals surface area (Å²) in [7, 11) is -8.75. The summed E-state index contributed by atoms with van der Waals surface area (Å²) in [6, 6.07) is 27.6. The number of aromatic nitrogens is 1. The Bertz CT molecular complexity index is 2500. The molecule has 0 aliphatic carbocycles. The normalized spacial score (nSPS) is 13.8. The van der Waals surface area contributed by atoms with Crippen LogP contribution in [0, 0.1) is 0 Å². The molecule has 0 saturated carbocycles. The maximum absolute atomic E-state index is 13.2. The Kier molecular flexibility index (Phi) is 11.8. The maximum Gasteiger partial charge on any atom is 0.374 e. The van der Waals surface area contributed by atoms with E-state index in [1.54, 1.807) is 107 Å². The molecule has 14 nitrogen and oxygen atoms in total. The van der Waals surface area contributed by atoms with Crippen LogP contribution in [0.15, 0.2) is 119 Å². The number of nitrogens with one attached hydrogen (secondary N) is 2. The molecule has 1 aliphatic heterocycles. The summed E-state index contributed by atoms with van der Waals surface area (Å²) in [5.41, 5.74) is 3.96. The van der Waals surface area contributed by atoms with Gasteiger partial charge in [0.05, 0.1) is 27.6 Å². The third-order valence-electron chi connectivity index (χ3n) is 8.63. The molecule has 0 atom stereocenters. The number of fused-ring (bicyclic) bond motifs is 2. The van der Waals surface area contributed by atoms with Gasteiger partial charge in [0.2, 0.25) is 11.5 Å². The van der Waals surface area contributed by atoms with E-state index in [0.717, 1.165) is 0 Å². The highest BCUT2D eigenvalue weighted by Crippen LogP contribution is 2.40. The molecule has 6 rings (SSSR count). The number of hydrogen-bond donors (Lipinski definition) is 3. The number of oxazole rings is 1. The standard InChI is InChI=1S/C39H38N4O10S2/c1-2-27(23-36-42(19-9-21-54(46,47)48)32-25-28(15-17-34(32)52-36)38(44)40-30-11-5-3-6-12-30)24-37-43(20-10-22-55(49,50)51)33-26-29(16-18-35(33)53-37)39(45)41-31-13-7-4-8-14-31/h3-8,11-18,23-26H,2,9-10,19-22H2,1H3,(H3-,40,41,44,45,46,47,48,49,50,51). The lowest BCUT2D eigenvalue weighted by atomic mass is 10.1. The number of nitrogens with zero attached hydrogens (tertiary/aromatic N) is 2. The first-order valence-electron chi connectivity index (χ1n) is 17.4. The van der Waals surface area contributed by atoms with E-state index < -0.39 is 31.7 Å². The van der Waals surface area contributed by atoms with Gasteiger partial charge in [0.1, 0.15) is 0 Å². The van der Waals surface area contributed by atoms with E-state index >= 15 is 0 Å². The smallest absolute Gasteiger partial charge is 0.374 e. The van der Waals surface area contributed by atoms with Crippen LogP contribution >= 0.6 is 0 Å². The minimum absolute atomic E-state index is 0.0187. The Balaban J connectivity index is 1.35. The van der Waals surface area contributed by atoms with Gasteiger partial charge in [-0.3, -0.25) is 14.1 Å². The zero-order chi connectivity index (χ0) is 39.2. The highest BCUT2D eigenvalue weighted by atomic mass is 32.2. The Morgan fingerprint density at radius 2 is 1.45 bits per heavy atom. The van der Waals surface area contributed by atoms with Crippen molar-refractivity contribution in [1.29, 1.82) is 0 Å². The molecule has 2 heterocycles. The maximum atomic E-state index is 13.2. The van der Waals surface area contributed by atoms with Crippen LogP contribution < -0.4 is 24.8 Å². The summed E-state index contributed by atoms with van der Waals surface area (Å²) in [5.74, 6) is -0.792. The number of para-hydroxylation sites is 2. The number of benzene rings is 4. The molecule has 1 aromatic heterocycles. The van der Waals surface area contributed by atoms with Gasteiger partial charge >= 0.3 is 5.89 Å². The van der Waals surface area contributed by atoms with Crippen molar-refractivity contribution in [3.05, 3.63) is 132 Å². The van der Waals surface area contributed by atoms with E-state index in [1.165, 1.54) is 0 Å². The molecule has 55 heavy (non-hydrogen) atoms. The number of amides is 2. The van der Waals surface area contributed by atoms with Gasteiger partial charge in [0, 0.05) is 53.4 Å². The number of rotatable bonds is 15. The second-order valence-corrected chi connectivity index (χ2v) is 15.8. The Morgan fingerprint density at radius 3 is 2.05 bits per heavy atom. The van der Waals surface area contributed by atoms with Gasteiger partial charge in [-0.1, -0.05) is 43.3 Å². The Hall–Kier alpha value is -5.81. The number of ether oxygens (including phenoxy) is 1. The van der Waals surface area contributed by atoms with Crippen LogP contribution in [0.4, 0.5) is 17.1 Å². The Morgan fingerprint density at radius 1 is 0.836 bits per heavy atom. The fraction of sp³-hybridized carbons (Fsp3) is 0.205. The molecular weight excluding hydrogens is 749 g/mol. The summed E-state index contributed by atoms with van der Waals surface area (Å²) in [6.07, 6.45) is 3.93. The topological polar surface area (TPSA) is 199 Å². The number of hydrogen-bond acceptors (Lipinski definition) is 10. The predicted molar refractivity (Wildman–Crippen MR) is 206 cm³/mol. The van der Waals surface area contributed by atoms with Crippen molar-refractivity contribution in [3.8, 4) is 5.75 Å². The number of aryl methyl sites for hydroxylation is 1. The molecule has 0 unspecified atom stereocenters. The van der Waals surface area contributed by atoms with E-state index in [2.05, 4.69) is 10.6 Å². The third-order valence-corrected chi connectivity index (χ3v) is 10.2. The van der Waals surface area contributed by atoms with Gasteiger partial charge in [-0.05, 0) is 73.0 Å². The average Bonchev–Trinajstić information content (AvgIpc) is 3.66. The Labute approximate surface area is 318 Å². The first-order valence-corrected chi connectivity index (χ1v) is 20.5. The summed E-state index contributed by atoms with van der Waals surface area (Å²) in [6.45, 7) is 2.08. The van der Waals surface area contributed by atoms with Crippen LogP contribution in [-0.4, -0.2) is 55.8 Å². The van der Waals surface area contributed by atoms with Crippen molar-refractivity contribution in [2.24, 2.45) is 0 Å². The van der Waals surface area contributed by atoms with Crippen LogP contribution in [0.5, 0.6) is 5.75 Å². The quantitative estimate of drug-likeness (QED) is 0.0834. The number of anilines is 3. The van der Waals surface area contributed by atoms with Gasteiger partial charge in [-0.15, -0.1) is 0 Å². The van der Waals surface area contributed by atoms with Crippen molar-refractivity contribution in [1.82, 2.24) is 0 Å². The zero-order valence-electron chi connectivity index (χ0n) is 29.7. The van der Waals surface area contributed by atoms with Gasteiger partial charge in [-0.2, -0.15) is 13.0 Å². The van der Waals surface area contributed by atoms with Crippen molar-refractivity contribution >= 4 is 66.3 Å². The van der Waals surface area contributed by atoms with Crippen LogP contribution in [-0.2, 0) is 26.8 Å². The summed E-state index contributed by atoms with van der Waals surface area (Å²) >= 11 is 0. The molecule has 0 fully saturated rings. The van der Waals surface area contributed by atoms with E-state index in [9.17, 15) is 35.5 Å². The molecule has 0 spiro atoms. The van der Waals surface area contributed by atoms with Gasteiger partial charge in [-0.25, -0.2) is 8.42 Å². The summed E-state index contributed by atoms with van der Waals surface area (Å²) in [5, 5.41) is 5.69. The molecule has 0 bridgehead atoms. The SMILES string of the molecule is CCC(/C=C1\Oc2ccc(C(=O)Nc3ccccc3)cc2N1CCCS(=O)(=O)O)=C\c1oc2ccc(C(=O)Nc3ccccc3)cc2[n+]1CCCS(=O)(=O)[O-]. The predicted octanol–water partition coefficient (Wildman–Crippen LogP) is 5.97. The molecule has 16 heteroatoms. The second-order valence-electron chi connectivity index (χ2n) is 12.7. The average molecular weight is 787 g/mol. The molecule has 3 N–H and O–H groups in total. The van der Waals surface area contributed by atoms with Gasteiger partial charge in [0.25, 0.3) is 27.4 Å². The van der Waals surface area contributed by atoms with Crippen LogP contribution in [0.2, 0.25) is 0 Å². The van der Waals surface area contributed by atoms with Crippen LogP contribution in [0.1, 0.15) is 52.8 Å². The first kappa shape index (κ1) is 38.9. The fourth-order valence-electron chi connectivity index (χ4n) is 5.98. The van der Waals surface area contributed by atoms with Gasteiger partial charge in [0.15, 0.2) is 12.3 Å².